The monoisotopic (exact) mass is 231 g/mol. The number of nitrogens with zero attached hydrogens (tertiary/aromatic N) is 1. The number of ketones is 1. The Morgan fingerprint density at radius 3 is 2.59 bits per heavy atom. The van der Waals surface area contributed by atoms with Crippen LogP contribution in [0, 0.1) is 31.6 Å². The summed E-state index contributed by atoms with van der Waals surface area (Å²) in [6.07, 6.45) is 8.67. The maximum atomic E-state index is 11.7. The molecule has 1 aliphatic rings. The van der Waals surface area contributed by atoms with Crippen LogP contribution < -0.4 is 11.2 Å². The zero-order chi connectivity index (χ0) is 12.3. The van der Waals surface area contributed by atoms with Crippen LogP contribution in [0.15, 0.2) is 21.9 Å². The molecule has 1 aromatic rings. The minimum Gasteiger partial charge on any atom is -0.300 e. The summed E-state index contributed by atoms with van der Waals surface area (Å²) in [6, 6.07) is 1.26. The molecule has 87 valence electrons. The number of hydrogen-bond acceptors (Lipinski definition) is 3. The number of carbonyl (C=O) groups is 1. The van der Waals surface area contributed by atoms with Crippen molar-refractivity contribution in [1.29, 1.82) is 0 Å². The van der Waals surface area contributed by atoms with Gasteiger partial charge < -0.3 is 4.57 Å². The fraction of sp³-hybridized carbons (Fsp3) is 0.167. The first kappa shape index (κ1) is 11.8. The third kappa shape index (κ3) is 2.93. The highest BCUT2D eigenvalue weighted by Crippen LogP contribution is 2.24. The van der Waals surface area contributed by atoms with E-state index in [1.807, 2.05) is 0 Å². The molecule has 1 N–H and O–H groups in total. The molecule has 0 spiro atoms. The normalized spacial score (nSPS) is 16.2. The van der Waals surface area contributed by atoms with Gasteiger partial charge >= 0.3 is 5.69 Å². The number of H-pyrrole nitrogens is 1. The van der Waals surface area contributed by atoms with E-state index in [1.165, 1.54) is 16.8 Å². The molecule has 0 bridgehead atoms. The lowest BCUT2D eigenvalue weighted by molar-refractivity contribution is -0.116. The van der Waals surface area contributed by atoms with Gasteiger partial charge in [-0.1, -0.05) is 0 Å². The zero-order valence-corrected chi connectivity index (χ0v) is 9.05. The standard InChI is InChI=1S/C12H11N2O3/c15-10(9-3-1-2-4-9)5-7-14-8-6-11(16)13-12(14)17/h1-4,6,8H,5,7H2,(H,13,16,17). The Balaban J connectivity index is 1.95. The molecule has 1 aromatic heterocycles. The Labute approximate surface area is 98.5 Å². The van der Waals surface area contributed by atoms with Crippen LogP contribution in [0.2, 0.25) is 0 Å². The number of aromatic amines is 1. The van der Waals surface area contributed by atoms with Crippen molar-refractivity contribution in [3.63, 3.8) is 0 Å². The third-order valence-corrected chi connectivity index (χ3v) is 2.46. The van der Waals surface area contributed by atoms with Gasteiger partial charge in [0.05, 0.1) is 0 Å². The number of carbonyl (C=O) groups excluding carboxylic acids is 1. The lowest BCUT2D eigenvalue weighted by atomic mass is 10.0. The van der Waals surface area contributed by atoms with E-state index in [1.54, 1.807) is 25.7 Å². The van der Waals surface area contributed by atoms with E-state index in [9.17, 15) is 14.4 Å². The van der Waals surface area contributed by atoms with Gasteiger partial charge in [-0.15, -0.1) is 0 Å². The molecule has 0 unspecified atom stereocenters. The van der Waals surface area contributed by atoms with Crippen molar-refractivity contribution in [3.8, 4) is 0 Å². The molecule has 0 amide bonds. The Hall–Kier alpha value is -1.65. The predicted octanol–water partition coefficient (Wildman–Crippen LogP) is -0.0989. The summed E-state index contributed by atoms with van der Waals surface area (Å²) in [4.78, 5) is 36.0. The summed E-state index contributed by atoms with van der Waals surface area (Å²) in [6.45, 7) is 0.264. The Kier molecular flexibility index (Phi) is 3.56. The Morgan fingerprint density at radius 1 is 1.24 bits per heavy atom. The van der Waals surface area contributed by atoms with Crippen LogP contribution in [0.4, 0.5) is 0 Å². The summed E-state index contributed by atoms with van der Waals surface area (Å²) in [5, 5.41) is 0. The van der Waals surface area contributed by atoms with Gasteiger partial charge in [-0.3, -0.25) is 14.6 Å². The molecule has 0 saturated heterocycles. The lowest BCUT2D eigenvalue weighted by Gasteiger charge is -2.07. The molecular weight excluding hydrogens is 220 g/mol. The summed E-state index contributed by atoms with van der Waals surface area (Å²) in [7, 11) is 0. The van der Waals surface area contributed by atoms with E-state index in [-0.39, 0.29) is 18.7 Å². The van der Waals surface area contributed by atoms with E-state index in [2.05, 4.69) is 4.98 Å². The molecule has 5 radical (unpaired) electrons. The number of aryl methyl sites for hydroxylation is 1. The van der Waals surface area contributed by atoms with Crippen molar-refractivity contribution < 1.29 is 4.79 Å². The fourth-order valence-corrected chi connectivity index (χ4v) is 1.55. The first-order valence-electron chi connectivity index (χ1n) is 5.21. The van der Waals surface area contributed by atoms with Crippen molar-refractivity contribution in [2.75, 3.05) is 0 Å². The van der Waals surface area contributed by atoms with Crippen molar-refractivity contribution in [3.05, 3.63) is 64.7 Å². The first-order valence-corrected chi connectivity index (χ1v) is 5.21. The molecule has 0 aliphatic heterocycles. The van der Waals surface area contributed by atoms with Crippen molar-refractivity contribution in [1.82, 2.24) is 9.55 Å². The number of aromatic nitrogens is 2. The average Bonchev–Trinajstić information content (AvgIpc) is 2.81. The molecule has 2 rings (SSSR count). The highest BCUT2D eigenvalue weighted by molar-refractivity contribution is 5.97. The lowest BCUT2D eigenvalue weighted by Crippen LogP contribution is -2.29. The molecule has 17 heavy (non-hydrogen) atoms. The molecule has 1 saturated carbocycles. The number of nitrogens with one attached hydrogen (secondary N) is 1. The number of rotatable bonds is 4. The highest BCUT2D eigenvalue weighted by Gasteiger charge is 2.23. The van der Waals surface area contributed by atoms with E-state index in [0.29, 0.717) is 5.92 Å². The zero-order valence-electron chi connectivity index (χ0n) is 9.05. The van der Waals surface area contributed by atoms with E-state index in [0.717, 1.165) is 0 Å². The summed E-state index contributed by atoms with van der Waals surface area (Å²) < 4.78 is 1.31. The van der Waals surface area contributed by atoms with Crippen LogP contribution in [0.5, 0.6) is 0 Å². The predicted molar refractivity (Wildman–Crippen MR) is 61.4 cm³/mol. The summed E-state index contributed by atoms with van der Waals surface area (Å²) in [5.74, 6) is 0.621. The van der Waals surface area contributed by atoms with Crippen LogP contribution in [0.3, 0.4) is 0 Å². The van der Waals surface area contributed by atoms with Gasteiger partial charge in [-0.2, -0.15) is 0 Å². The Morgan fingerprint density at radius 2 is 1.94 bits per heavy atom. The second-order valence-electron chi connectivity index (χ2n) is 3.65. The maximum absolute atomic E-state index is 11.7. The van der Waals surface area contributed by atoms with E-state index in [4.69, 9.17) is 0 Å². The van der Waals surface area contributed by atoms with E-state index < -0.39 is 11.2 Å². The molecule has 0 atom stereocenters. The van der Waals surface area contributed by atoms with Crippen LogP contribution in [-0.4, -0.2) is 15.3 Å². The molecule has 1 aliphatic carbocycles. The van der Waals surface area contributed by atoms with Crippen molar-refractivity contribution >= 4 is 5.78 Å². The van der Waals surface area contributed by atoms with Crippen LogP contribution in [0.1, 0.15) is 6.42 Å². The topological polar surface area (TPSA) is 71.9 Å². The van der Waals surface area contributed by atoms with Gasteiger partial charge in [0.1, 0.15) is 5.78 Å². The van der Waals surface area contributed by atoms with Crippen molar-refractivity contribution in [2.24, 2.45) is 0 Å². The van der Waals surface area contributed by atoms with Gasteiger partial charge in [0.15, 0.2) is 0 Å². The minimum atomic E-state index is -0.493. The van der Waals surface area contributed by atoms with Crippen molar-refractivity contribution in [2.45, 2.75) is 13.0 Å². The van der Waals surface area contributed by atoms with Gasteiger partial charge in [0, 0.05) is 31.1 Å². The average molecular weight is 231 g/mol. The smallest absolute Gasteiger partial charge is 0.300 e. The third-order valence-electron chi connectivity index (χ3n) is 2.46. The summed E-state index contributed by atoms with van der Waals surface area (Å²) >= 11 is 0. The molecular formula is C12H11N2O3. The van der Waals surface area contributed by atoms with Gasteiger partial charge in [-0.25, -0.2) is 4.79 Å². The Bertz CT molecular complexity index is 509. The molecule has 1 heterocycles. The van der Waals surface area contributed by atoms with Gasteiger partial charge in [0.2, 0.25) is 0 Å². The van der Waals surface area contributed by atoms with Gasteiger partial charge in [0.25, 0.3) is 5.56 Å². The highest BCUT2D eigenvalue weighted by atomic mass is 16.2. The fourth-order valence-electron chi connectivity index (χ4n) is 1.55. The second kappa shape index (κ2) is 5.12. The largest absolute Gasteiger partial charge is 0.328 e. The quantitative estimate of drug-likeness (QED) is 0.786. The summed E-state index contributed by atoms with van der Waals surface area (Å²) in [5.41, 5.74) is -0.929. The number of hydrogen-bond donors (Lipinski definition) is 1. The second-order valence-corrected chi connectivity index (χ2v) is 3.65. The van der Waals surface area contributed by atoms with Gasteiger partial charge in [-0.05, 0) is 25.7 Å². The van der Waals surface area contributed by atoms with Crippen LogP contribution in [0.25, 0.3) is 0 Å². The number of Topliss-reactive ketones (excluding diaryl/α,β-unsaturated/α-hetero) is 1. The maximum Gasteiger partial charge on any atom is 0.328 e. The van der Waals surface area contributed by atoms with Crippen LogP contribution >= 0.6 is 0 Å². The van der Waals surface area contributed by atoms with Crippen LogP contribution in [-0.2, 0) is 11.3 Å². The molecule has 0 aromatic carbocycles. The first-order chi connectivity index (χ1) is 8.16. The molecule has 1 fully saturated rings. The van der Waals surface area contributed by atoms with E-state index >= 15 is 0 Å². The molecule has 5 nitrogen and oxygen atoms in total. The molecule has 5 heteroatoms. The minimum absolute atomic E-state index is 0.0203. The SMILES string of the molecule is O=C(CCn1ccc(=O)[nH]c1=O)[C]1[CH][CH][CH][CH]1.